The third kappa shape index (κ3) is 2.48. The standard InChI is InChI=1S/C15H14N4O2/c16-12(15(20)21)6-9-7-18-14-10(9)2-1-3-11(14)13-4-5-17-8-19-13/h1-5,7-8,12,18H,6,16H2,(H,20,21)/t12-/m0/s1. The van der Waals surface area contributed by atoms with E-state index in [0.717, 1.165) is 27.7 Å². The molecule has 3 aromatic rings. The predicted molar refractivity (Wildman–Crippen MR) is 78.6 cm³/mol. The molecular weight excluding hydrogens is 268 g/mol. The van der Waals surface area contributed by atoms with Gasteiger partial charge in [0.25, 0.3) is 0 Å². The summed E-state index contributed by atoms with van der Waals surface area (Å²) in [7, 11) is 0. The second-order valence-corrected chi connectivity index (χ2v) is 4.79. The molecule has 0 spiro atoms. The average molecular weight is 282 g/mol. The number of carboxylic acid groups (broad SMARTS) is 1. The molecule has 2 aromatic heterocycles. The zero-order valence-corrected chi connectivity index (χ0v) is 11.2. The molecule has 0 saturated heterocycles. The van der Waals surface area contributed by atoms with Crippen molar-refractivity contribution >= 4 is 16.9 Å². The Kier molecular flexibility index (Phi) is 3.37. The largest absolute Gasteiger partial charge is 0.480 e. The SMILES string of the molecule is N[C@@H](Cc1c[nH]c2c(-c3ccncn3)cccc12)C(=O)O. The van der Waals surface area contributed by atoms with Gasteiger partial charge in [-0.3, -0.25) is 4.79 Å². The lowest BCUT2D eigenvalue weighted by Gasteiger charge is -2.06. The highest BCUT2D eigenvalue weighted by Gasteiger charge is 2.16. The van der Waals surface area contributed by atoms with Gasteiger partial charge >= 0.3 is 5.97 Å². The maximum atomic E-state index is 10.9. The van der Waals surface area contributed by atoms with Crippen LogP contribution < -0.4 is 5.73 Å². The lowest BCUT2D eigenvalue weighted by atomic mass is 10.0. The van der Waals surface area contributed by atoms with E-state index in [9.17, 15) is 4.79 Å². The van der Waals surface area contributed by atoms with Crippen molar-refractivity contribution in [3.8, 4) is 11.3 Å². The molecule has 0 amide bonds. The number of carboxylic acids is 1. The fourth-order valence-electron chi connectivity index (χ4n) is 2.37. The minimum absolute atomic E-state index is 0.280. The number of aromatic amines is 1. The van der Waals surface area contributed by atoms with Crippen molar-refractivity contribution in [2.45, 2.75) is 12.5 Å². The van der Waals surface area contributed by atoms with E-state index < -0.39 is 12.0 Å². The number of para-hydroxylation sites is 1. The van der Waals surface area contributed by atoms with Gasteiger partial charge in [-0.15, -0.1) is 0 Å². The van der Waals surface area contributed by atoms with E-state index >= 15 is 0 Å². The summed E-state index contributed by atoms with van der Waals surface area (Å²) in [5, 5.41) is 9.89. The van der Waals surface area contributed by atoms with E-state index in [1.54, 1.807) is 12.4 Å². The monoisotopic (exact) mass is 282 g/mol. The molecule has 106 valence electrons. The van der Waals surface area contributed by atoms with Gasteiger partial charge in [0.1, 0.15) is 12.4 Å². The minimum Gasteiger partial charge on any atom is -0.480 e. The van der Waals surface area contributed by atoms with Crippen molar-refractivity contribution in [2.24, 2.45) is 5.73 Å². The van der Waals surface area contributed by atoms with Crippen LogP contribution >= 0.6 is 0 Å². The fraction of sp³-hybridized carbons (Fsp3) is 0.133. The number of aliphatic carboxylic acids is 1. The number of H-pyrrole nitrogens is 1. The maximum absolute atomic E-state index is 10.9. The first-order valence-electron chi connectivity index (χ1n) is 6.50. The molecule has 21 heavy (non-hydrogen) atoms. The predicted octanol–water partition coefficient (Wildman–Crippen LogP) is 1.58. The van der Waals surface area contributed by atoms with Gasteiger partial charge in [-0.25, -0.2) is 9.97 Å². The molecule has 1 aromatic carbocycles. The minimum atomic E-state index is -1.00. The molecule has 0 fully saturated rings. The van der Waals surface area contributed by atoms with Gasteiger partial charge in [0.15, 0.2) is 0 Å². The highest BCUT2D eigenvalue weighted by molar-refractivity contribution is 5.95. The average Bonchev–Trinajstić information content (AvgIpc) is 2.91. The van der Waals surface area contributed by atoms with Crippen molar-refractivity contribution in [1.29, 1.82) is 0 Å². The number of aromatic nitrogens is 3. The van der Waals surface area contributed by atoms with Gasteiger partial charge in [0, 0.05) is 29.8 Å². The summed E-state index contributed by atoms with van der Waals surface area (Å²) >= 11 is 0. The first-order chi connectivity index (χ1) is 10.2. The van der Waals surface area contributed by atoms with E-state index in [1.165, 1.54) is 6.33 Å². The number of nitrogens with zero attached hydrogens (tertiary/aromatic N) is 2. The van der Waals surface area contributed by atoms with Crippen LogP contribution in [0, 0.1) is 0 Å². The van der Waals surface area contributed by atoms with Crippen LogP contribution in [-0.4, -0.2) is 32.1 Å². The Morgan fingerprint density at radius 3 is 2.95 bits per heavy atom. The number of nitrogens with one attached hydrogen (secondary N) is 1. The fourth-order valence-corrected chi connectivity index (χ4v) is 2.37. The van der Waals surface area contributed by atoms with Crippen LogP contribution in [0.15, 0.2) is 43.0 Å². The van der Waals surface area contributed by atoms with Crippen LogP contribution in [0.2, 0.25) is 0 Å². The molecule has 0 aliphatic carbocycles. The number of benzene rings is 1. The number of hydrogen-bond donors (Lipinski definition) is 3. The van der Waals surface area contributed by atoms with Crippen molar-refractivity contribution < 1.29 is 9.90 Å². The van der Waals surface area contributed by atoms with Gasteiger partial charge < -0.3 is 15.8 Å². The van der Waals surface area contributed by atoms with E-state index in [-0.39, 0.29) is 6.42 Å². The quantitative estimate of drug-likeness (QED) is 0.673. The van der Waals surface area contributed by atoms with E-state index in [2.05, 4.69) is 15.0 Å². The second kappa shape index (κ2) is 5.34. The molecule has 0 aliphatic rings. The Morgan fingerprint density at radius 2 is 2.24 bits per heavy atom. The van der Waals surface area contributed by atoms with E-state index in [4.69, 9.17) is 10.8 Å². The third-order valence-corrected chi connectivity index (χ3v) is 3.42. The molecule has 6 nitrogen and oxygen atoms in total. The summed E-state index contributed by atoms with van der Waals surface area (Å²) in [4.78, 5) is 22.2. The molecule has 0 bridgehead atoms. The maximum Gasteiger partial charge on any atom is 0.320 e. The molecule has 0 aliphatic heterocycles. The Hall–Kier alpha value is -2.73. The number of hydrogen-bond acceptors (Lipinski definition) is 4. The number of rotatable bonds is 4. The smallest absolute Gasteiger partial charge is 0.320 e. The summed E-state index contributed by atoms with van der Waals surface area (Å²) in [6, 6.07) is 6.75. The topological polar surface area (TPSA) is 105 Å². The Morgan fingerprint density at radius 1 is 1.38 bits per heavy atom. The molecule has 0 saturated carbocycles. The van der Waals surface area contributed by atoms with E-state index in [0.29, 0.717) is 0 Å². The van der Waals surface area contributed by atoms with Crippen molar-refractivity contribution in [1.82, 2.24) is 15.0 Å². The van der Waals surface area contributed by atoms with Crippen molar-refractivity contribution in [3.05, 3.63) is 48.5 Å². The van der Waals surface area contributed by atoms with Crippen LogP contribution in [0.3, 0.4) is 0 Å². The molecule has 4 N–H and O–H groups in total. The summed E-state index contributed by atoms with van der Waals surface area (Å²) in [5.41, 5.74) is 9.18. The number of fused-ring (bicyclic) bond motifs is 1. The van der Waals surface area contributed by atoms with Crippen molar-refractivity contribution in [3.63, 3.8) is 0 Å². The van der Waals surface area contributed by atoms with Gasteiger partial charge in [-0.2, -0.15) is 0 Å². The summed E-state index contributed by atoms with van der Waals surface area (Å²) < 4.78 is 0. The molecule has 3 rings (SSSR count). The lowest BCUT2D eigenvalue weighted by Crippen LogP contribution is -2.32. The van der Waals surface area contributed by atoms with Crippen LogP contribution in [0.4, 0.5) is 0 Å². The zero-order chi connectivity index (χ0) is 14.8. The summed E-state index contributed by atoms with van der Waals surface area (Å²) in [6.45, 7) is 0. The van der Waals surface area contributed by atoms with Gasteiger partial charge in [0.05, 0.1) is 11.2 Å². The van der Waals surface area contributed by atoms with Crippen LogP contribution in [0.25, 0.3) is 22.2 Å². The highest BCUT2D eigenvalue weighted by Crippen LogP contribution is 2.28. The number of carbonyl (C=O) groups is 1. The molecular formula is C15H14N4O2. The van der Waals surface area contributed by atoms with Gasteiger partial charge in [0.2, 0.25) is 0 Å². The number of nitrogens with two attached hydrogens (primary N) is 1. The van der Waals surface area contributed by atoms with Crippen LogP contribution in [0.5, 0.6) is 0 Å². The normalized spacial score (nSPS) is 12.4. The Balaban J connectivity index is 2.06. The zero-order valence-electron chi connectivity index (χ0n) is 11.2. The van der Waals surface area contributed by atoms with Gasteiger partial charge in [-0.05, 0) is 11.6 Å². The second-order valence-electron chi connectivity index (χ2n) is 4.79. The summed E-state index contributed by atoms with van der Waals surface area (Å²) in [5.74, 6) is -1.00. The van der Waals surface area contributed by atoms with E-state index in [1.807, 2.05) is 24.3 Å². The third-order valence-electron chi connectivity index (χ3n) is 3.42. The molecule has 1 atom stereocenters. The van der Waals surface area contributed by atoms with Crippen molar-refractivity contribution in [2.75, 3.05) is 0 Å². The highest BCUT2D eigenvalue weighted by atomic mass is 16.4. The van der Waals surface area contributed by atoms with Crippen LogP contribution in [0.1, 0.15) is 5.56 Å². The molecule has 2 heterocycles. The molecule has 0 unspecified atom stereocenters. The first-order valence-corrected chi connectivity index (χ1v) is 6.50. The summed E-state index contributed by atoms with van der Waals surface area (Å²) in [6.07, 6.45) is 5.27. The van der Waals surface area contributed by atoms with Crippen LogP contribution in [-0.2, 0) is 11.2 Å². The Labute approximate surface area is 120 Å². The molecule has 0 radical (unpaired) electrons. The Bertz CT molecular complexity index is 783. The first kappa shape index (κ1) is 13.3. The lowest BCUT2D eigenvalue weighted by molar-refractivity contribution is -0.138. The van der Waals surface area contributed by atoms with Gasteiger partial charge in [-0.1, -0.05) is 18.2 Å². The molecule has 6 heteroatoms.